The maximum atomic E-state index is 12.6. The van der Waals surface area contributed by atoms with Gasteiger partial charge in [0.1, 0.15) is 16.5 Å². The van der Waals surface area contributed by atoms with Gasteiger partial charge in [-0.1, -0.05) is 48.5 Å². The molecule has 0 spiro atoms. The largest absolute Gasteiger partial charge is 0.422 e. The molecule has 29 heavy (non-hydrogen) atoms. The maximum absolute atomic E-state index is 12.6. The van der Waals surface area contributed by atoms with Gasteiger partial charge in [0.2, 0.25) is 0 Å². The van der Waals surface area contributed by atoms with Gasteiger partial charge >= 0.3 is 5.63 Å². The first-order valence-corrected chi connectivity index (χ1v) is 10.1. The predicted octanol–water partition coefficient (Wildman–Crippen LogP) is 4.06. The molecule has 3 heterocycles. The van der Waals surface area contributed by atoms with Crippen molar-refractivity contribution in [3.05, 3.63) is 88.3 Å². The Kier molecular flexibility index (Phi) is 4.52. The van der Waals surface area contributed by atoms with Gasteiger partial charge in [-0.2, -0.15) is 0 Å². The number of para-hydroxylation sites is 1. The second-order valence-corrected chi connectivity index (χ2v) is 7.74. The van der Waals surface area contributed by atoms with E-state index in [1.165, 1.54) is 5.56 Å². The van der Waals surface area contributed by atoms with Crippen LogP contribution in [-0.4, -0.2) is 22.6 Å². The van der Waals surface area contributed by atoms with Crippen LogP contribution in [0.5, 0.6) is 0 Å². The minimum Gasteiger partial charge on any atom is -0.422 e. The van der Waals surface area contributed by atoms with E-state index in [-0.39, 0.29) is 11.5 Å². The Labute approximate surface area is 168 Å². The summed E-state index contributed by atoms with van der Waals surface area (Å²) < 4.78 is 7.44. The zero-order valence-corrected chi connectivity index (χ0v) is 16.2. The van der Waals surface area contributed by atoms with Crippen LogP contribution < -0.4 is 11.1 Å². The fourth-order valence-corrected chi connectivity index (χ4v) is 4.43. The number of rotatable bonds is 3. The minimum atomic E-state index is -0.431. The zero-order chi connectivity index (χ0) is 19.8. The van der Waals surface area contributed by atoms with Gasteiger partial charge in [0, 0.05) is 42.6 Å². The van der Waals surface area contributed by atoms with Crippen molar-refractivity contribution in [3.8, 4) is 0 Å². The Balaban J connectivity index is 1.43. The molecule has 0 bridgehead atoms. The van der Waals surface area contributed by atoms with Crippen molar-refractivity contribution >= 4 is 21.7 Å². The number of benzene rings is 2. The van der Waals surface area contributed by atoms with E-state index in [9.17, 15) is 4.79 Å². The van der Waals surface area contributed by atoms with Gasteiger partial charge in [-0.05, 0) is 30.5 Å². The first kappa shape index (κ1) is 17.9. The molecule has 5 nitrogen and oxygen atoms in total. The second-order valence-electron chi connectivity index (χ2n) is 7.74. The monoisotopic (exact) mass is 385 g/mol. The molecule has 0 atom stereocenters. The summed E-state index contributed by atoms with van der Waals surface area (Å²) in [5, 5.41) is 10.8. The number of nitrogens with zero attached hydrogens (tertiary/aromatic N) is 2. The molecule has 4 aromatic rings. The molecular formula is C24H23N3O2. The molecule has 1 saturated heterocycles. The lowest BCUT2D eigenvalue weighted by Gasteiger charge is -2.33. The van der Waals surface area contributed by atoms with Gasteiger partial charge in [0.15, 0.2) is 0 Å². The Hall–Kier alpha value is -3.18. The smallest absolute Gasteiger partial charge is 0.347 e. The van der Waals surface area contributed by atoms with Crippen molar-refractivity contribution in [3.63, 3.8) is 0 Å². The molecule has 0 unspecified atom stereocenters. The molecular weight excluding hydrogens is 362 g/mol. The van der Waals surface area contributed by atoms with Gasteiger partial charge in [-0.15, -0.1) is 0 Å². The van der Waals surface area contributed by atoms with Gasteiger partial charge < -0.3 is 8.98 Å². The molecule has 5 heteroatoms. The minimum absolute atomic E-state index is 0.227. The lowest BCUT2D eigenvalue weighted by Crippen LogP contribution is -2.37. The van der Waals surface area contributed by atoms with Crippen LogP contribution in [0, 0.1) is 5.41 Å². The normalized spacial score (nSPS) is 15.9. The molecule has 1 aliphatic heterocycles. The van der Waals surface area contributed by atoms with Gasteiger partial charge in [0.05, 0.1) is 0 Å². The molecule has 5 rings (SSSR count). The maximum Gasteiger partial charge on any atom is 0.347 e. The molecule has 0 radical (unpaired) electrons. The summed E-state index contributed by atoms with van der Waals surface area (Å²) in [5.41, 5.74) is 1.72. The van der Waals surface area contributed by atoms with Crippen molar-refractivity contribution in [1.82, 2.24) is 9.47 Å². The number of nitrogens with one attached hydrogen (secondary N) is 1. The number of fused-ring (bicyclic) bond motifs is 3. The standard InChI is InChI=1S/C24H23N3O2/c25-23-22-20(19-8-4-5-9-21(19)29-24(22)28)12-15-27(23)18-10-13-26(14-11-18)16-17-6-2-1-3-7-17/h1-9,12,15,18,25H,10-11,13-14,16H2. The van der Waals surface area contributed by atoms with E-state index >= 15 is 0 Å². The summed E-state index contributed by atoms with van der Waals surface area (Å²) in [4.78, 5) is 15.1. The number of hydrogen-bond acceptors (Lipinski definition) is 4. The van der Waals surface area contributed by atoms with E-state index in [0.29, 0.717) is 11.0 Å². The molecule has 146 valence electrons. The first-order chi connectivity index (χ1) is 14.2. The van der Waals surface area contributed by atoms with Crippen molar-refractivity contribution in [2.24, 2.45) is 0 Å². The molecule has 1 N–H and O–H groups in total. The number of pyridine rings is 1. The molecule has 0 aliphatic carbocycles. The molecule has 1 aliphatic rings. The lowest BCUT2D eigenvalue weighted by atomic mass is 10.0. The Morgan fingerprint density at radius 3 is 2.45 bits per heavy atom. The topological polar surface area (TPSA) is 62.2 Å². The van der Waals surface area contributed by atoms with Crippen molar-refractivity contribution in [2.75, 3.05) is 13.1 Å². The Morgan fingerprint density at radius 2 is 1.66 bits per heavy atom. The highest BCUT2D eigenvalue weighted by Gasteiger charge is 2.22. The van der Waals surface area contributed by atoms with Crippen molar-refractivity contribution in [1.29, 1.82) is 5.41 Å². The average molecular weight is 385 g/mol. The molecule has 1 fully saturated rings. The van der Waals surface area contributed by atoms with Crippen LogP contribution in [0.25, 0.3) is 21.7 Å². The summed E-state index contributed by atoms with van der Waals surface area (Å²) in [6.07, 6.45) is 3.90. The summed E-state index contributed by atoms with van der Waals surface area (Å²) in [6.45, 7) is 2.92. The molecule has 0 amide bonds. The number of piperidine rings is 1. The fraction of sp³-hybridized carbons (Fsp3) is 0.250. The van der Waals surface area contributed by atoms with Gasteiger partial charge in [-0.3, -0.25) is 10.3 Å². The van der Waals surface area contributed by atoms with E-state index in [2.05, 4.69) is 29.2 Å². The van der Waals surface area contributed by atoms with E-state index in [4.69, 9.17) is 9.83 Å². The van der Waals surface area contributed by atoms with Crippen LogP contribution >= 0.6 is 0 Å². The number of likely N-dealkylation sites (tertiary alicyclic amines) is 1. The molecule has 2 aromatic heterocycles. The highest BCUT2D eigenvalue weighted by Crippen LogP contribution is 2.25. The Morgan fingerprint density at radius 1 is 0.931 bits per heavy atom. The van der Waals surface area contributed by atoms with E-state index in [1.54, 1.807) is 6.07 Å². The third-order valence-corrected chi connectivity index (χ3v) is 5.95. The van der Waals surface area contributed by atoms with Crippen LogP contribution in [0.1, 0.15) is 24.4 Å². The summed E-state index contributed by atoms with van der Waals surface area (Å²) in [6, 6.07) is 20.2. The highest BCUT2D eigenvalue weighted by atomic mass is 16.4. The van der Waals surface area contributed by atoms with E-state index in [0.717, 1.165) is 43.2 Å². The highest BCUT2D eigenvalue weighted by molar-refractivity contribution is 6.03. The molecule has 0 saturated carbocycles. The van der Waals surface area contributed by atoms with E-state index in [1.807, 2.05) is 41.1 Å². The average Bonchev–Trinajstić information content (AvgIpc) is 2.75. The van der Waals surface area contributed by atoms with E-state index < -0.39 is 5.63 Å². The molecule has 2 aromatic carbocycles. The summed E-state index contributed by atoms with van der Waals surface area (Å²) in [5.74, 6) is 0. The zero-order valence-electron chi connectivity index (χ0n) is 16.2. The van der Waals surface area contributed by atoms with Crippen LogP contribution in [0.4, 0.5) is 0 Å². The van der Waals surface area contributed by atoms with Crippen molar-refractivity contribution < 1.29 is 4.42 Å². The first-order valence-electron chi connectivity index (χ1n) is 10.1. The van der Waals surface area contributed by atoms with Crippen LogP contribution in [-0.2, 0) is 6.54 Å². The number of hydrogen-bond donors (Lipinski definition) is 1. The van der Waals surface area contributed by atoms with Crippen molar-refractivity contribution in [2.45, 2.75) is 25.4 Å². The van der Waals surface area contributed by atoms with Gasteiger partial charge in [0.25, 0.3) is 0 Å². The summed E-state index contributed by atoms with van der Waals surface area (Å²) in [7, 11) is 0. The van der Waals surface area contributed by atoms with Gasteiger partial charge in [-0.25, -0.2) is 4.79 Å². The summed E-state index contributed by atoms with van der Waals surface area (Å²) >= 11 is 0. The van der Waals surface area contributed by atoms with Crippen LogP contribution in [0.15, 0.2) is 76.1 Å². The predicted molar refractivity (Wildman–Crippen MR) is 114 cm³/mol. The Bertz CT molecular complexity index is 1280. The quantitative estimate of drug-likeness (QED) is 0.427. The van der Waals surface area contributed by atoms with Crippen LogP contribution in [0.2, 0.25) is 0 Å². The second kappa shape index (κ2) is 7.33. The van der Waals surface area contributed by atoms with Crippen LogP contribution in [0.3, 0.4) is 0 Å². The third-order valence-electron chi connectivity index (χ3n) is 5.95. The third kappa shape index (κ3) is 3.28. The lowest BCUT2D eigenvalue weighted by molar-refractivity contribution is 0.177. The SMILES string of the molecule is N=c1c2c(=O)oc3ccccc3c2ccn1C1CCN(Cc2ccccc2)CC1. The number of aromatic nitrogens is 1. The fourth-order valence-electron chi connectivity index (χ4n) is 4.43.